The first-order valence-corrected chi connectivity index (χ1v) is 13.4. The third kappa shape index (κ3) is 6.27. The van der Waals surface area contributed by atoms with Crippen LogP contribution in [0.2, 0.25) is 0 Å². The van der Waals surface area contributed by atoms with E-state index in [1.54, 1.807) is 26.4 Å². The van der Waals surface area contributed by atoms with Gasteiger partial charge in [-0.05, 0) is 54.0 Å². The third-order valence-corrected chi connectivity index (χ3v) is 7.76. The highest BCUT2D eigenvalue weighted by Crippen LogP contribution is 2.33. The fraction of sp³-hybridized carbons (Fsp3) is 0.533. The van der Waals surface area contributed by atoms with Crippen LogP contribution in [0.5, 0.6) is 11.5 Å². The number of amides is 2. The Hall–Kier alpha value is -3.06. The first kappa shape index (κ1) is 27.0. The Morgan fingerprint density at radius 1 is 0.892 bits per heavy atom. The molecule has 2 aromatic carbocycles. The number of methoxy groups -OCH3 is 2. The van der Waals surface area contributed by atoms with Gasteiger partial charge in [-0.2, -0.15) is 0 Å². The predicted octanol–water partition coefficient (Wildman–Crippen LogP) is 4.96. The first-order chi connectivity index (χ1) is 17.7. The van der Waals surface area contributed by atoms with Gasteiger partial charge < -0.3 is 19.7 Å². The lowest BCUT2D eigenvalue weighted by Crippen LogP contribution is -2.56. The maximum absolute atomic E-state index is 13.6. The normalized spacial score (nSPS) is 17.9. The Kier molecular flexibility index (Phi) is 8.42. The Morgan fingerprint density at radius 2 is 1.51 bits per heavy atom. The maximum atomic E-state index is 13.6. The average molecular weight is 508 g/mol. The summed E-state index contributed by atoms with van der Waals surface area (Å²) >= 11 is 0. The molecule has 0 spiro atoms. The van der Waals surface area contributed by atoms with Gasteiger partial charge in [0.05, 0.1) is 20.3 Å². The van der Waals surface area contributed by atoms with E-state index < -0.39 is 0 Å². The molecule has 2 aromatic rings. The monoisotopic (exact) mass is 507 g/mol. The lowest BCUT2D eigenvalue weighted by Gasteiger charge is -2.40. The summed E-state index contributed by atoms with van der Waals surface area (Å²) < 4.78 is 10.7. The van der Waals surface area contributed by atoms with Gasteiger partial charge in [0.25, 0.3) is 5.91 Å². The molecule has 1 atom stereocenters. The number of ether oxygens (including phenoxy) is 2. The maximum Gasteiger partial charge on any atom is 0.253 e. The van der Waals surface area contributed by atoms with E-state index in [1.807, 2.05) is 23.1 Å². The Morgan fingerprint density at radius 3 is 2.08 bits per heavy atom. The summed E-state index contributed by atoms with van der Waals surface area (Å²) in [7, 11) is 3.18. The second-order valence-corrected chi connectivity index (χ2v) is 11.2. The molecular formula is C30H41N3O4. The van der Waals surface area contributed by atoms with Crippen molar-refractivity contribution in [3.05, 3.63) is 53.6 Å². The average Bonchev–Trinajstić information content (AvgIpc) is 3.42. The number of piperazine rings is 1. The SMILES string of the molecule is COc1ccc(NC(=O)[C@H](C2CCCC2)N2CCN(C(=O)c3ccc(C(C)(C)C)cc3)CC2)cc1OC. The van der Waals surface area contributed by atoms with Crippen molar-refractivity contribution in [2.75, 3.05) is 45.7 Å². The lowest BCUT2D eigenvalue weighted by molar-refractivity contribution is -0.123. The fourth-order valence-electron chi connectivity index (χ4n) is 5.58. The van der Waals surface area contributed by atoms with Crippen molar-refractivity contribution >= 4 is 17.5 Å². The molecule has 4 rings (SSSR count). The minimum Gasteiger partial charge on any atom is -0.493 e. The molecule has 1 aliphatic heterocycles. The van der Waals surface area contributed by atoms with Crippen LogP contribution >= 0.6 is 0 Å². The van der Waals surface area contributed by atoms with E-state index in [9.17, 15) is 9.59 Å². The van der Waals surface area contributed by atoms with Gasteiger partial charge in [0, 0.05) is 43.5 Å². The summed E-state index contributed by atoms with van der Waals surface area (Å²) in [6, 6.07) is 13.2. The van der Waals surface area contributed by atoms with E-state index >= 15 is 0 Å². The zero-order valence-corrected chi connectivity index (χ0v) is 22.9. The van der Waals surface area contributed by atoms with E-state index in [0.29, 0.717) is 49.3 Å². The standard InChI is InChI=1S/C30H41N3O4/c1-30(2,3)23-12-10-22(11-13-23)29(35)33-18-16-32(17-19-33)27(21-8-6-7-9-21)28(34)31-24-14-15-25(36-4)26(20-24)37-5/h10-15,20-21,27H,6-9,16-19H2,1-5H3,(H,31,34)/t27-/m0/s1. The van der Waals surface area contributed by atoms with E-state index in [0.717, 1.165) is 31.2 Å². The van der Waals surface area contributed by atoms with Crippen molar-refractivity contribution in [2.45, 2.75) is 57.9 Å². The van der Waals surface area contributed by atoms with E-state index in [-0.39, 0.29) is 23.3 Å². The third-order valence-electron chi connectivity index (χ3n) is 7.76. The molecule has 1 heterocycles. The van der Waals surface area contributed by atoms with Crippen LogP contribution in [0.4, 0.5) is 5.69 Å². The molecule has 1 saturated carbocycles. The number of anilines is 1. The number of nitrogens with zero attached hydrogens (tertiary/aromatic N) is 2. The van der Waals surface area contributed by atoms with Gasteiger partial charge >= 0.3 is 0 Å². The van der Waals surface area contributed by atoms with Crippen molar-refractivity contribution in [3.63, 3.8) is 0 Å². The summed E-state index contributed by atoms with van der Waals surface area (Å²) in [4.78, 5) is 31.0. The molecule has 200 valence electrons. The largest absolute Gasteiger partial charge is 0.493 e. The molecule has 0 radical (unpaired) electrons. The predicted molar refractivity (Wildman–Crippen MR) is 147 cm³/mol. The molecule has 1 saturated heterocycles. The van der Waals surface area contributed by atoms with Gasteiger partial charge in [0.2, 0.25) is 5.91 Å². The second kappa shape index (κ2) is 11.5. The van der Waals surface area contributed by atoms with Crippen LogP contribution in [-0.2, 0) is 10.2 Å². The lowest BCUT2D eigenvalue weighted by atomic mass is 9.86. The van der Waals surface area contributed by atoms with Gasteiger partial charge in [0.1, 0.15) is 0 Å². The number of rotatable bonds is 7. The molecule has 1 N–H and O–H groups in total. The first-order valence-electron chi connectivity index (χ1n) is 13.4. The molecule has 0 unspecified atom stereocenters. The molecule has 2 aliphatic rings. The highest BCUT2D eigenvalue weighted by molar-refractivity contribution is 5.96. The van der Waals surface area contributed by atoms with Crippen LogP contribution in [-0.4, -0.2) is 68.1 Å². The highest BCUT2D eigenvalue weighted by atomic mass is 16.5. The van der Waals surface area contributed by atoms with Gasteiger partial charge in [0.15, 0.2) is 11.5 Å². The number of hydrogen-bond donors (Lipinski definition) is 1. The zero-order chi connectivity index (χ0) is 26.6. The number of benzene rings is 2. The Bertz CT molecular complexity index is 1080. The van der Waals surface area contributed by atoms with Crippen molar-refractivity contribution in [1.82, 2.24) is 9.80 Å². The van der Waals surface area contributed by atoms with Crippen LogP contribution in [0, 0.1) is 5.92 Å². The minimum atomic E-state index is -0.209. The summed E-state index contributed by atoms with van der Waals surface area (Å²) in [6.45, 7) is 9.12. The molecule has 7 heteroatoms. The molecule has 7 nitrogen and oxygen atoms in total. The summed E-state index contributed by atoms with van der Waals surface area (Å²) in [6.07, 6.45) is 4.44. The van der Waals surface area contributed by atoms with Gasteiger partial charge in [-0.1, -0.05) is 45.7 Å². The summed E-state index contributed by atoms with van der Waals surface area (Å²) in [5.41, 5.74) is 2.69. The number of carbonyl (C=O) groups is 2. The van der Waals surface area contributed by atoms with Crippen LogP contribution in [0.25, 0.3) is 0 Å². The topological polar surface area (TPSA) is 71.1 Å². The van der Waals surface area contributed by atoms with Gasteiger partial charge in [-0.15, -0.1) is 0 Å². The molecule has 2 fully saturated rings. The van der Waals surface area contributed by atoms with E-state index in [2.05, 4.69) is 43.1 Å². The van der Waals surface area contributed by atoms with Crippen molar-refractivity contribution in [3.8, 4) is 11.5 Å². The van der Waals surface area contributed by atoms with Gasteiger partial charge in [-0.25, -0.2) is 0 Å². The quantitative estimate of drug-likeness (QED) is 0.574. The van der Waals surface area contributed by atoms with E-state index in [1.165, 1.54) is 5.56 Å². The van der Waals surface area contributed by atoms with Crippen LogP contribution in [0.1, 0.15) is 62.4 Å². The number of hydrogen-bond acceptors (Lipinski definition) is 5. The van der Waals surface area contributed by atoms with E-state index in [4.69, 9.17) is 9.47 Å². The Balaban J connectivity index is 1.42. The van der Waals surface area contributed by atoms with Crippen LogP contribution < -0.4 is 14.8 Å². The molecule has 1 aliphatic carbocycles. The van der Waals surface area contributed by atoms with Gasteiger partial charge in [-0.3, -0.25) is 14.5 Å². The van der Waals surface area contributed by atoms with Crippen molar-refractivity contribution in [2.24, 2.45) is 5.92 Å². The number of nitrogens with one attached hydrogen (secondary N) is 1. The second-order valence-electron chi connectivity index (χ2n) is 11.2. The number of carbonyl (C=O) groups excluding carboxylic acids is 2. The minimum absolute atomic E-state index is 0.0108. The highest BCUT2D eigenvalue weighted by Gasteiger charge is 2.37. The molecule has 0 aromatic heterocycles. The molecule has 0 bridgehead atoms. The smallest absolute Gasteiger partial charge is 0.253 e. The van der Waals surface area contributed by atoms with Crippen LogP contribution in [0.3, 0.4) is 0 Å². The van der Waals surface area contributed by atoms with Crippen molar-refractivity contribution in [1.29, 1.82) is 0 Å². The fourth-order valence-corrected chi connectivity index (χ4v) is 5.58. The molecule has 37 heavy (non-hydrogen) atoms. The zero-order valence-electron chi connectivity index (χ0n) is 22.9. The van der Waals surface area contributed by atoms with Crippen LogP contribution in [0.15, 0.2) is 42.5 Å². The Labute approximate surface area is 221 Å². The molecule has 2 amide bonds. The molecular weight excluding hydrogens is 466 g/mol. The van der Waals surface area contributed by atoms with Crippen molar-refractivity contribution < 1.29 is 19.1 Å². The summed E-state index contributed by atoms with van der Waals surface area (Å²) in [5, 5.41) is 3.12. The summed E-state index contributed by atoms with van der Waals surface area (Å²) in [5.74, 6) is 1.61.